The number of ether oxygens (including phenoxy) is 4. The van der Waals surface area contributed by atoms with Gasteiger partial charge in [0.25, 0.3) is 0 Å². The Hall–Kier alpha value is -5.56. The standard InChI is InChI=1S/C22H24ClN3O4.C16H20BrN3O3.C6H5BClO3/c1-22(2,3)30-21(28)25-9-14(10-25)12-29-20-7-16(11-26-13-24-8-18(20)26)15-4-5-19(27)17(23)6-15;1-16(2,3)23-15(21)19-6-11(7-19)9-22-14-4-12(17)8-20-10-18-5-13(14)20;8-5-3-4(11-7-10)1-2-6(5)9/h4-8,11,13-14,27H,9-10,12H2,1-3H3;4-5,8,10-11H,6-7,9H2,1-3H3;1-3,9-10H. The molecule has 0 aliphatic carbocycles. The van der Waals surface area contributed by atoms with E-state index < -0.39 is 11.2 Å². The van der Waals surface area contributed by atoms with Gasteiger partial charge < -0.3 is 57.4 Å². The fourth-order valence-corrected chi connectivity index (χ4v) is 7.16. The van der Waals surface area contributed by atoms with Crippen molar-refractivity contribution in [3.63, 3.8) is 0 Å². The van der Waals surface area contributed by atoms with Gasteiger partial charge in [-0.2, -0.15) is 0 Å². The Morgan fingerprint density at radius 1 is 0.719 bits per heavy atom. The zero-order chi connectivity index (χ0) is 46.3. The van der Waals surface area contributed by atoms with Crippen LogP contribution in [0.5, 0.6) is 28.7 Å². The van der Waals surface area contributed by atoms with Crippen molar-refractivity contribution in [2.75, 3.05) is 39.4 Å². The van der Waals surface area contributed by atoms with Gasteiger partial charge in [-0.15, -0.1) is 0 Å². The third-order valence-electron chi connectivity index (χ3n) is 9.49. The average Bonchev–Trinajstić information content (AvgIpc) is 3.85. The van der Waals surface area contributed by atoms with Gasteiger partial charge in [0.05, 0.1) is 48.3 Å². The lowest BCUT2D eigenvalue weighted by Crippen LogP contribution is -2.53. The first-order valence-corrected chi connectivity index (χ1v) is 21.7. The van der Waals surface area contributed by atoms with E-state index in [-0.39, 0.29) is 39.6 Å². The van der Waals surface area contributed by atoms with Crippen LogP contribution in [0, 0.1) is 11.8 Å². The Morgan fingerprint density at radius 3 is 1.69 bits per heavy atom. The molecule has 2 fully saturated rings. The second kappa shape index (κ2) is 20.5. The molecule has 2 saturated heterocycles. The first kappa shape index (κ1) is 47.9. The fourth-order valence-electron chi connectivity index (χ4n) is 6.38. The van der Waals surface area contributed by atoms with Crippen LogP contribution in [0.15, 0.2) is 90.4 Å². The number of carbonyl (C=O) groups excluding carboxylic acids is 2. The summed E-state index contributed by atoms with van der Waals surface area (Å²) in [7, 11) is 0.544. The van der Waals surface area contributed by atoms with Gasteiger partial charge in [-0.25, -0.2) is 19.6 Å². The van der Waals surface area contributed by atoms with E-state index in [1.165, 1.54) is 18.2 Å². The molecule has 2 amide bonds. The van der Waals surface area contributed by atoms with Crippen molar-refractivity contribution in [2.45, 2.75) is 52.7 Å². The van der Waals surface area contributed by atoms with Crippen molar-refractivity contribution in [1.29, 1.82) is 0 Å². The van der Waals surface area contributed by atoms with Crippen LogP contribution in [0.4, 0.5) is 9.59 Å². The number of phenolic OH excluding ortho intramolecular Hbond substituents is 2. The molecule has 6 heterocycles. The molecule has 0 atom stereocenters. The molecule has 2 aliphatic heterocycles. The van der Waals surface area contributed by atoms with E-state index in [1.54, 1.807) is 53.0 Å². The molecular formula is C44H49BBrCl2N6O10. The number of amides is 2. The highest BCUT2D eigenvalue weighted by Crippen LogP contribution is 2.34. The summed E-state index contributed by atoms with van der Waals surface area (Å²) >= 11 is 15.1. The molecule has 2 aromatic carbocycles. The molecule has 6 aromatic rings. The maximum Gasteiger partial charge on any atom is 0.569 e. The second-order valence-corrected chi connectivity index (χ2v) is 18.8. The summed E-state index contributed by atoms with van der Waals surface area (Å²) in [6.07, 6.45) is 10.3. The van der Waals surface area contributed by atoms with Gasteiger partial charge in [0, 0.05) is 66.5 Å². The highest BCUT2D eigenvalue weighted by Gasteiger charge is 2.35. The average molecular weight is 984 g/mol. The predicted octanol–water partition coefficient (Wildman–Crippen LogP) is 8.90. The molecule has 3 N–H and O–H groups in total. The van der Waals surface area contributed by atoms with Gasteiger partial charge >= 0.3 is 19.9 Å². The van der Waals surface area contributed by atoms with Crippen LogP contribution in [0.2, 0.25) is 10.0 Å². The highest BCUT2D eigenvalue weighted by molar-refractivity contribution is 9.10. The van der Waals surface area contributed by atoms with E-state index in [0.29, 0.717) is 64.5 Å². The number of phenols is 2. The number of aromatic nitrogens is 4. The molecule has 8 rings (SSSR count). The topological polar surface area (TPSA) is 182 Å². The van der Waals surface area contributed by atoms with Crippen molar-refractivity contribution in [1.82, 2.24) is 28.6 Å². The molecule has 20 heteroatoms. The van der Waals surface area contributed by atoms with Crippen LogP contribution in [0.3, 0.4) is 0 Å². The number of carbonyl (C=O) groups is 2. The summed E-state index contributed by atoms with van der Waals surface area (Å²) in [5.41, 5.74) is 2.58. The number of likely N-dealkylation sites (tertiary alicyclic amines) is 2. The monoisotopic (exact) mass is 981 g/mol. The number of fused-ring (bicyclic) bond motifs is 2. The molecule has 2 aliphatic rings. The molecule has 1 radical (unpaired) electrons. The van der Waals surface area contributed by atoms with Gasteiger partial charge in [0.15, 0.2) is 0 Å². The highest BCUT2D eigenvalue weighted by atomic mass is 79.9. The maximum atomic E-state index is 12.1. The van der Waals surface area contributed by atoms with Gasteiger partial charge in [-0.3, -0.25) is 0 Å². The molecule has 64 heavy (non-hydrogen) atoms. The SMILES string of the molecule is CC(C)(C)OC(=O)N1CC(COc2cc(-c3ccc(O)c(Cl)c3)cn3cncc23)C1.CC(C)(C)OC(=O)N1CC(COc2cc(Br)cn3cncc23)C1.O[B]Oc1ccc(O)c(Cl)c1. The molecule has 16 nitrogen and oxygen atoms in total. The lowest BCUT2D eigenvalue weighted by atomic mass is 10.0. The zero-order valence-corrected chi connectivity index (χ0v) is 39.2. The first-order chi connectivity index (χ1) is 30.2. The molecular weight excluding hydrogens is 934 g/mol. The van der Waals surface area contributed by atoms with Crippen molar-refractivity contribution in [2.24, 2.45) is 11.8 Å². The minimum absolute atomic E-state index is 0.0167. The quantitative estimate of drug-likeness (QED) is 0.117. The van der Waals surface area contributed by atoms with Gasteiger partial charge in [-0.05, 0) is 99.4 Å². The largest absolute Gasteiger partial charge is 0.569 e. The Kier molecular flexibility index (Phi) is 15.4. The molecule has 0 spiro atoms. The third-order valence-corrected chi connectivity index (χ3v) is 10.5. The molecule has 0 unspecified atom stereocenters. The Bertz CT molecular complexity index is 2570. The van der Waals surface area contributed by atoms with E-state index in [4.69, 9.17) is 52.3 Å². The number of rotatable bonds is 9. The smallest absolute Gasteiger partial charge is 0.537 e. The van der Waals surface area contributed by atoms with Crippen LogP contribution in [0.1, 0.15) is 41.5 Å². The van der Waals surface area contributed by atoms with Crippen LogP contribution in [-0.2, 0) is 9.47 Å². The van der Waals surface area contributed by atoms with Crippen LogP contribution in [0.25, 0.3) is 22.2 Å². The van der Waals surface area contributed by atoms with Gasteiger partial charge in [-0.1, -0.05) is 29.3 Å². The Balaban J connectivity index is 0.000000176. The normalized spacial score (nSPS) is 14.0. The number of imidazole rings is 2. The Labute approximate surface area is 389 Å². The van der Waals surface area contributed by atoms with Crippen molar-refractivity contribution < 1.29 is 48.4 Å². The first-order valence-electron chi connectivity index (χ1n) is 20.1. The lowest BCUT2D eigenvalue weighted by molar-refractivity contribution is -0.00859. The van der Waals surface area contributed by atoms with Crippen molar-refractivity contribution in [3.8, 4) is 39.9 Å². The molecule has 0 saturated carbocycles. The van der Waals surface area contributed by atoms with Gasteiger partial charge in [0.1, 0.15) is 51.0 Å². The summed E-state index contributed by atoms with van der Waals surface area (Å²) in [6.45, 7) is 14.8. The second-order valence-electron chi connectivity index (χ2n) is 17.1. The number of halogens is 3. The van der Waals surface area contributed by atoms with E-state index in [1.807, 2.05) is 74.9 Å². The van der Waals surface area contributed by atoms with E-state index >= 15 is 0 Å². The van der Waals surface area contributed by atoms with Crippen LogP contribution < -0.4 is 14.1 Å². The molecule has 4 aromatic heterocycles. The van der Waals surface area contributed by atoms with Crippen molar-refractivity contribution in [3.05, 3.63) is 100 Å². The maximum absolute atomic E-state index is 12.1. The number of pyridine rings is 2. The van der Waals surface area contributed by atoms with E-state index in [9.17, 15) is 14.7 Å². The number of hydrogen-bond acceptors (Lipinski definition) is 12. The fraction of sp³-hybridized carbons (Fsp3) is 0.364. The summed E-state index contributed by atoms with van der Waals surface area (Å²) in [5, 5.41) is 27.3. The minimum atomic E-state index is -0.496. The molecule has 0 bridgehead atoms. The number of aromatic hydroxyl groups is 2. The van der Waals surface area contributed by atoms with E-state index in [2.05, 4.69) is 30.6 Å². The number of benzene rings is 2. The third kappa shape index (κ3) is 13.0. The number of hydrogen-bond donors (Lipinski definition) is 3. The Morgan fingerprint density at radius 2 is 1.20 bits per heavy atom. The minimum Gasteiger partial charge on any atom is -0.537 e. The van der Waals surface area contributed by atoms with Crippen LogP contribution in [-0.4, -0.2) is 114 Å². The lowest BCUT2D eigenvalue weighted by Gasteiger charge is -2.39. The zero-order valence-electron chi connectivity index (χ0n) is 36.1. The summed E-state index contributed by atoms with van der Waals surface area (Å²) < 4.78 is 32.1. The van der Waals surface area contributed by atoms with Crippen LogP contribution >= 0.6 is 39.1 Å². The molecule has 339 valence electrons. The van der Waals surface area contributed by atoms with Gasteiger partial charge in [0.2, 0.25) is 0 Å². The number of nitrogens with zero attached hydrogens (tertiary/aromatic N) is 6. The summed E-state index contributed by atoms with van der Waals surface area (Å²) in [6, 6.07) is 13.2. The van der Waals surface area contributed by atoms with E-state index in [0.717, 1.165) is 32.4 Å². The predicted molar refractivity (Wildman–Crippen MR) is 245 cm³/mol. The van der Waals surface area contributed by atoms with Crippen molar-refractivity contribution >= 4 is 70.0 Å². The summed E-state index contributed by atoms with van der Waals surface area (Å²) in [4.78, 5) is 35.7. The summed E-state index contributed by atoms with van der Waals surface area (Å²) in [5.74, 6) is 2.45.